The van der Waals surface area contributed by atoms with Gasteiger partial charge >= 0.3 is 0 Å². The van der Waals surface area contributed by atoms with Crippen molar-refractivity contribution in [1.29, 1.82) is 0 Å². The maximum Gasteiger partial charge on any atom is 0.0834 e. The fraction of sp³-hybridized carbons (Fsp3) is 0.727. The van der Waals surface area contributed by atoms with E-state index < -0.39 is 0 Å². The average Bonchev–Trinajstić information content (AvgIpc) is 2.66. The Morgan fingerprint density at radius 1 is 1.50 bits per heavy atom. The largest absolute Gasteiger partial charge is 0.308 e. The Bertz CT molecular complexity index is 314. The van der Waals surface area contributed by atoms with Crippen LogP contribution < -0.4 is 5.32 Å². The minimum atomic E-state index is 0.296. The van der Waals surface area contributed by atoms with E-state index >= 15 is 0 Å². The van der Waals surface area contributed by atoms with Crippen LogP contribution in [0.15, 0.2) is 6.20 Å². The monoisotopic (exact) mass is 261 g/mol. The van der Waals surface area contributed by atoms with Gasteiger partial charge in [0.15, 0.2) is 0 Å². The molecular formula is C11H20ClN3S. The van der Waals surface area contributed by atoms with Gasteiger partial charge in [0.05, 0.1) is 23.0 Å². The molecule has 1 aromatic rings. The number of nitrogens with one attached hydrogen (secondary N) is 1. The molecule has 1 N–H and O–H groups in total. The quantitative estimate of drug-likeness (QED) is 0.819. The molecule has 16 heavy (non-hydrogen) atoms. The smallest absolute Gasteiger partial charge is 0.0834 e. The van der Waals surface area contributed by atoms with E-state index in [1.807, 2.05) is 16.4 Å². The first kappa shape index (κ1) is 13.9. The van der Waals surface area contributed by atoms with E-state index in [4.69, 9.17) is 11.6 Å². The van der Waals surface area contributed by atoms with Gasteiger partial charge in [-0.15, -0.1) is 0 Å². The second-order valence-electron chi connectivity index (χ2n) is 3.46. The Morgan fingerprint density at radius 2 is 2.25 bits per heavy atom. The zero-order chi connectivity index (χ0) is 12.0. The average molecular weight is 262 g/mol. The molecule has 0 saturated heterocycles. The zero-order valence-electron chi connectivity index (χ0n) is 10.2. The highest BCUT2D eigenvalue weighted by Crippen LogP contribution is 2.25. The Morgan fingerprint density at radius 3 is 2.81 bits per heavy atom. The second-order valence-corrected chi connectivity index (χ2v) is 5.19. The van der Waals surface area contributed by atoms with Crippen LogP contribution in [0.3, 0.4) is 0 Å². The van der Waals surface area contributed by atoms with Gasteiger partial charge in [-0.3, -0.25) is 4.68 Å². The van der Waals surface area contributed by atoms with Crippen molar-refractivity contribution in [3.63, 3.8) is 0 Å². The number of rotatable bonds is 7. The molecule has 0 saturated carbocycles. The van der Waals surface area contributed by atoms with E-state index in [0.29, 0.717) is 6.04 Å². The molecule has 3 nitrogen and oxygen atoms in total. The van der Waals surface area contributed by atoms with Crippen LogP contribution in [0.25, 0.3) is 0 Å². The Labute approximate surface area is 107 Å². The Kier molecular flexibility index (Phi) is 6.24. The van der Waals surface area contributed by atoms with Crippen LogP contribution in [0.1, 0.15) is 32.5 Å². The molecule has 1 heterocycles. The van der Waals surface area contributed by atoms with Gasteiger partial charge in [0, 0.05) is 12.3 Å². The summed E-state index contributed by atoms with van der Waals surface area (Å²) in [5.41, 5.74) is 1.12. The predicted octanol–water partition coefficient (Wildman–Crippen LogP) is 2.96. The first-order chi connectivity index (χ1) is 7.74. The van der Waals surface area contributed by atoms with E-state index in [1.54, 1.807) is 6.20 Å². The lowest BCUT2D eigenvalue weighted by molar-refractivity contribution is 0.527. The lowest BCUT2D eigenvalue weighted by Crippen LogP contribution is -2.26. The first-order valence-electron chi connectivity index (χ1n) is 5.76. The van der Waals surface area contributed by atoms with Crippen molar-refractivity contribution in [2.24, 2.45) is 0 Å². The lowest BCUT2D eigenvalue weighted by Gasteiger charge is -2.19. The third-order valence-corrected chi connectivity index (χ3v) is 3.67. The third kappa shape index (κ3) is 3.40. The van der Waals surface area contributed by atoms with Gasteiger partial charge in [-0.25, -0.2) is 0 Å². The topological polar surface area (TPSA) is 29.9 Å². The molecule has 0 aliphatic carbocycles. The molecule has 5 heteroatoms. The SMILES string of the molecule is CCNC(CSCC)c1c(Cl)cnn1CC. The minimum Gasteiger partial charge on any atom is -0.308 e. The van der Waals surface area contributed by atoms with Crippen LogP contribution in [-0.2, 0) is 6.54 Å². The lowest BCUT2D eigenvalue weighted by atomic mass is 10.2. The fourth-order valence-corrected chi connectivity index (χ4v) is 2.71. The minimum absolute atomic E-state index is 0.296. The van der Waals surface area contributed by atoms with Crippen molar-refractivity contribution in [3.8, 4) is 0 Å². The van der Waals surface area contributed by atoms with Crippen LogP contribution >= 0.6 is 23.4 Å². The molecule has 0 aliphatic rings. The van der Waals surface area contributed by atoms with Gasteiger partial charge in [-0.2, -0.15) is 16.9 Å². The van der Waals surface area contributed by atoms with E-state index in [0.717, 1.165) is 35.3 Å². The molecule has 0 fully saturated rings. The summed E-state index contributed by atoms with van der Waals surface area (Å²) in [6.07, 6.45) is 1.74. The summed E-state index contributed by atoms with van der Waals surface area (Å²) in [6, 6.07) is 0.296. The molecule has 0 amide bonds. The number of aryl methyl sites for hydroxylation is 1. The summed E-state index contributed by atoms with van der Waals surface area (Å²) in [7, 11) is 0. The maximum atomic E-state index is 6.20. The number of hydrogen-bond acceptors (Lipinski definition) is 3. The summed E-state index contributed by atoms with van der Waals surface area (Å²) in [4.78, 5) is 0. The van der Waals surface area contributed by atoms with Crippen molar-refractivity contribution in [2.45, 2.75) is 33.4 Å². The van der Waals surface area contributed by atoms with Gasteiger partial charge in [0.2, 0.25) is 0 Å². The van der Waals surface area contributed by atoms with Crippen molar-refractivity contribution in [3.05, 3.63) is 16.9 Å². The second kappa shape index (κ2) is 7.20. The first-order valence-corrected chi connectivity index (χ1v) is 7.30. The van der Waals surface area contributed by atoms with E-state index in [-0.39, 0.29) is 0 Å². The van der Waals surface area contributed by atoms with E-state index in [1.165, 1.54) is 0 Å². The number of thioether (sulfide) groups is 1. The maximum absolute atomic E-state index is 6.20. The zero-order valence-corrected chi connectivity index (χ0v) is 11.7. The van der Waals surface area contributed by atoms with Crippen molar-refractivity contribution >= 4 is 23.4 Å². The van der Waals surface area contributed by atoms with Crippen LogP contribution in [-0.4, -0.2) is 27.8 Å². The van der Waals surface area contributed by atoms with Crippen LogP contribution in [0.5, 0.6) is 0 Å². The van der Waals surface area contributed by atoms with Gasteiger partial charge < -0.3 is 5.32 Å². The molecule has 0 spiro atoms. The number of hydrogen-bond donors (Lipinski definition) is 1. The van der Waals surface area contributed by atoms with Crippen LogP contribution in [0.4, 0.5) is 0 Å². The molecular weight excluding hydrogens is 242 g/mol. The summed E-state index contributed by atoms with van der Waals surface area (Å²) in [5.74, 6) is 2.16. The van der Waals surface area contributed by atoms with Gasteiger partial charge in [-0.1, -0.05) is 25.4 Å². The van der Waals surface area contributed by atoms with Crippen molar-refractivity contribution < 1.29 is 0 Å². The molecule has 1 rings (SSSR count). The molecule has 92 valence electrons. The molecule has 0 aromatic carbocycles. The van der Waals surface area contributed by atoms with Gasteiger partial charge in [-0.05, 0) is 19.2 Å². The molecule has 1 unspecified atom stereocenters. The predicted molar refractivity (Wildman–Crippen MR) is 72.3 cm³/mol. The highest BCUT2D eigenvalue weighted by Gasteiger charge is 2.18. The molecule has 0 bridgehead atoms. The van der Waals surface area contributed by atoms with E-state index in [9.17, 15) is 0 Å². The summed E-state index contributed by atoms with van der Waals surface area (Å²) < 4.78 is 1.98. The standard InChI is InChI=1S/C11H20ClN3S/c1-4-13-10(8-16-6-3)11-9(12)7-14-15(11)5-2/h7,10,13H,4-6,8H2,1-3H3. The van der Waals surface area contributed by atoms with E-state index in [2.05, 4.69) is 31.2 Å². The summed E-state index contributed by atoms with van der Waals surface area (Å²) in [5, 5.41) is 8.52. The Hall–Kier alpha value is -0.190. The highest BCUT2D eigenvalue weighted by atomic mass is 35.5. The number of aromatic nitrogens is 2. The van der Waals surface area contributed by atoms with Crippen LogP contribution in [0.2, 0.25) is 5.02 Å². The molecule has 1 aromatic heterocycles. The fourth-order valence-electron chi connectivity index (χ4n) is 1.69. The van der Waals surface area contributed by atoms with Crippen LogP contribution in [0, 0.1) is 0 Å². The van der Waals surface area contributed by atoms with Crippen molar-refractivity contribution in [1.82, 2.24) is 15.1 Å². The summed E-state index contributed by atoms with van der Waals surface area (Å²) in [6.45, 7) is 8.18. The molecule has 1 atom stereocenters. The Balaban J connectivity index is 2.85. The molecule has 0 radical (unpaired) electrons. The van der Waals surface area contributed by atoms with Gasteiger partial charge in [0.25, 0.3) is 0 Å². The van der Waals surface area contributed by atoms with Gasteiger partial charge in [0.1, 0.15) is 0 Å². The highest BCUT2D eigenvalue weighted by molar-refractivity contribution is 7.99. The number of nitrogens with zero attached hydrogens (tertiary/aromatic N) is 2. The normalized spacial score (nSPS) is 13.0. The van der Waals surface area contributed by atoms with Crippen molar-refractivity contribution in [2.75, 3.05) is 18.1 Å². The number of halogens is 1. The third-order valence-electron chi connectivity index (χ3n) is 2.40. The summed E-state index contributed by atoms with van der Waals surface area (Å²) >= 11 is 8.12. The molecule has 0 aliphatic heterocycles.